The van der Waals surface area contributed by atoms with Gasteiger partial charge < -0.3 is 13.9 Å². The van der Waals surface area contributed by atoms with E-state index >= 15 is 0 Å². The fourth-order valence-corrected chi connectivity index (χ4v) is 2.57. The summed E-state index contributed by atoms with van der Waals surface area (Å²) in [6, 6.07) is 0. The number of rotatable bonds is 4. The van der Waals surface area contributed by atoms with E-state index < -0.39 is 0 Å². The zero-order valence-corrected chi connectivity index (χ0v) is 12.4. The molecule has 112 valence electrons. The molecule has 1 aliphatic heterocycles. The Balaban J connectivity index is 1.50. The van der Waals surface area contributed by atoms with Crippen molar-refractivity contribution in [1.29, 1.82) is 0 Å². The molecule has 1 amide bonds. The van der Waals surface area contributed by atoms with Crippen molar-refractivity contribution >= 4 is 5.91 Å². The first-order chi connectivity index (χ1) is 10.0. The van der Waals surface area contributed by atoms with Crippen LogP contribution in [0.15, 0.2) is 9.05 Å². The summed E-state index contributed by atoms with van der Waals surface area (Å²) in [4.78, 5) is 18.2. The third-order valence-corrected chi connectivity index (χ3v) is 3.90. The quantitative estimate of drug-likeness (QED) is 0.849. The Kier molecular flexibility index (Phi) is 3.48. The van der Waals surface area contributed by atoms with Crippen molar-refractivity contribution in [3.8, 4) is 0 Å². The third kappa shape index (κ3) is 2.68. The summed E-state index contributed by atoms with van der Waals surface area (Å²) in [6.07, 6.45) is 1.14. The monoisotopic (exact) mass is 290 g/mol. The van der Waals surface area contributed by atoms with Gasteiger partial charge in [-0.1, -0.05) is 10.3 Å². The number of nitrogens with zero attached hydrogens (tertiary/aromatic N) is 4. The molecule has 3 rings (SSSR count). The highest BCUT2D eigenvalue weighted by molar-refractivity contribution is 5.77. The standard InChI is InChI=1S/C14H18N4O3/c1-8-12(9(2)20-16-8)4-5-13(19)18-6-11(7-18)14-15-10(3)17-21-14/h11H,4-7H2,1-3H3. The van der Waals surface area contributed by atoms with Gasteiger partial charge in [-0.05, 0) is 27.2 Å². The summed E-state index contributed by atoms with van der Waals surface area (Å²) >= 11 is 0. The van der Waals surface area contributed by atoms with Gasteiger partial charge in [-0.3, -0.25) is 4.79 Å². The van der Waals surface area contributed by atoms with Crippen LogP contribution in [0.25, 0.3) is 0 Å². The number of hydrogen-bond donors (Lipinski definition) is 0. The maximum atomic E-state index is 12.1. The molecular formula is C14H18N4O3. The molecule has 1 saturated heterocycles. The minimum atomic E-state index is 0.141. The smallest absolute Gasteiger partial charge is 0.233 e. The molecule has 2 aromatic heterocycles. The number of likely N-dealkylation sites (tertiary alicyclic amines) is 1. The van der Waals surface area contributed by atoms with Gasteiger partial charge >= 0.3 is 0 Å². The number of carbonyl (C=O) groups excluding carboxylic acids is 1. The Morgan fingerprint density at radius 3 is 2.57 bits per heavy atom. The number of aromatic nitrogens is 3. The second-order valence-corrected chi connectivity index (χ2v) is 5.48. The normalized spacial score (nSPS) is 15.3. The predicted molar refractivity (Wildman–Crippen MR) is 72.7 cm³/mol. The van der Waals surface area contributed by atoms with Gasteiger partial charge in [0.05, 0.1) is 11.6 Å². The molecule has 1 aliphatic rings. The molecule has 0 aromatic carbocycles. The van der Waals surface area contributed by atoms with Crippen LogP contribution in [0.5, 0.6) is 0 Å². The molecule has 0 N–H and O–H groups in total. The average Bonchev–Trinajstić information content (AvgIpc) is 2.93. The van der Waals surface area contributed by atoms with Crippen LogP contribution in [-0.4, -0.2) is 39.2 Å². The average molecular weight is 290 g/mol. The van der Waals surface area contributed by atoms with Crippen LogP contribution in [0.4, 0.5) is 0 Å². The Morgan fingerprint density at radius 2 is 2.00 bits per heavy atom. The van der Waals surface area contributed by atoms with Crippen LogP contribution < -0.4 is 0 Å². The van der Waals surface area contributed by atoms with Crippen LogP contribution in [0, 0.1) is 20.8 Å². The van der Waals surface area contributed by atoms with E-state index in [1.807, 2.05) is 18.7 Å². The maximum absolute atomic E-state index is 12.1. The number of carbonyl (C=O) groups is 1. The van der Waals surface area contributed by atoms with E-state index in [0.29, 0.717) is 37.6 Å². The molecule has 0 aliphatic carbocycles. The van der Waals surface area contributed by atoms with Crippen molar-refractivity contribution in [3.63, 3.8) is 0 Å². The van der Waals surface area contributed by atoms with E-state index in [1.165, 1.54) is 0 Å². The highest BCUT2D eigenvalue weighted by Crippen LogP contribution is 2.26. The molecule has 0 spiro atoms. The van der Waals surface area contributed by atoms with Crippen molar-refractivity contribution in [1.82, 2.24) is 20.2 Å². The molecular weight excluding hydrogens is 272 g/mol. The Labute approximate surface area is 122 Å². The summed E-state index contributed by atoms with van der Waals surface area (Å²) in [5.74, 6) is 2.37. The molecule has 7 heteroatoms. The predicted octanol–water partition coefficient (Wildman–Crippen LogP) is 1.54. The Bertz CT molecular complexity index is 635. The van der Waals surface area contributed by atoms with Crippen LogP contribution in [-0.2, 0) is 11.2 Å². The zero-order valence-electron chi connectivity index (χ0n) is 12.4. The molecule has 0 unspecified atom stereocenters. The lowest BCUT2D eigenvalue weighted by atomic mass is 9.98. The second kappa shape index (κ2) is 5.31. The number of aryl methyl sites for hydroxylation is 3. The van der Waals surface area contributed by atoms with E-state index in [2.05, 4.69) is 15.3 Å². The largest absolute Gasteiger partial charge is 0.361 e. The molecule has 21 heavy (non-hydrogen) atoms. The Hall–Kier alpha value is -2.18. The lowest BCUT2D eigenvalue weighted by molar-refractivity contribution is -0.135. The van der Waals surface area contributed by atoms with E-state index in [1.54, 1.807) is 6.92 Å². The van der Waals surface area contributed by atoms with Gasteiger partial charge in [0, 0.05) is 25.1 Å². The van der Waals surface area contributed by atoms with Gasteiger partial charge in [-0.25, -0.2) is 0 Å². The van der Waals surface area contributed by atoms with Gasteiger partial charge in [0.25, 0.3) is 0 Å². The van der Waals surface area contributed by atoms with E-state index in [0.717, 1.165) is 17.0 Å². The zero-order chi connectivity index (χ0) is 15.0. The van der Waals surface area contributed by atoms with Crippen LogP contribution >= 0.6 is 0 Å². The topological polar surface area (TPSA) is 85.3 Å². The molecule has 0 radical (unpaired) electrons. The fraction of sp³-hybridized carbons (Fsp3) is 0.571. The highest BCUT2D eigenvalue weighted by Gasteiger charge is 2.35. The fourth-order valence-electron chi connectivity index (χ4n) is 2.57. The van der Waals surface area contributed by atoms with E-state index in [4.69, 9.17) is 9.05 Å². The number of hydrogen-bond acceptors (Lipinski definition) is 6. The van der Waals surface area contributed by atoms with Crippen molar-refractivity contribution in [2.75, 3.05) is 13.1 Å². The molecule has 0 bridgehead atoms. The van der Waals surface area contributed by atoms with Gasteiger partial charge in [-0.15, -0.1) is 0 Å². The third-order valence-electron chi connectivity index (χ3n) is 3.90. The minimum absolute atomic E-state index is 0.141. The van der Waals surface area contributed by atoms with Gasteiger partial charge in [-0.2, -0.15) is 4.98 Å². The number of amides is 1. The van der Waals surface area contributed by atoms with Gasteiger partial charge in [0.1, 0.15) is 5.76 Å². The summed E-state index contributed by atoms with van der Waals surface area (Å²) < 4.78 is 10.2. The summed E-state index contributed by atoms with van der Waals surface area (Å²) in [5.41, 5.74) is 1.90. The van der Waals surface area contributed by atoms with E-state index in [-0.39, 0.29) is 11.8 Å². The maximum Gasteiger partial charge on any atom is 0.233 e. The first-order valence-corrected chi connectivity index (χ1v) is 7.04. The second-order valence-electron chi connectivity index (χ2n) is 5.48. The van der Waals surface area contributed by atoms with Crippen molar-refractivity contribution in [2.24, 2.45) is 0 Å². The summed E-state index contributed by atoms with van der Waals surface area (Å²) in [7, 11) is 0. The minimum Gasteiger partial charge on any atom is -0.361 e. The molecule has 0 atom stereocenters. The highest BCUT2D eigenvalue weighted by atomic mass is 16.5. The molecule has 3 heterocycles. The van der Waals surface area contributed by atoms with Crippen LogP contribution in [0.3, 0.4) is 0 Å². The van der Waals surface area contributed by atoms with Gasteiger partial charge in [0.2, 0.25) is 11.8 Å². The molecule has 7 nitrogen and oxygen atoms in total. The van der Waals surface area contributed by atoms with Gasteiger partial charge in [0.15, 0.2) is 5.82 Å². The van der Waals surface area contributed by atoms with Crippen molar-refractivity contribution in [3.05, 3.63) is 28.7 Å². The van der Waals surface area contributed by atoms with Crippen LogP contribution in [0.1, 0.15) is 41.1 Å². The lowest BCUT2D eigenvalue weighted by Gasteiger charge is -2.37. The summed E-state index contributed by atoms with van der Waals surface area (Å²) in [6.45, 7) is 6.87. The lowest BCUT2D eigenvalue weighted by Crippen LogP contribution is -2.48. The first-order valence-electron chi connectivity index (χ1n) is 7.04. The first kappa shape index (κ1) is 13.8. The van der Waals surface area contributed by atoms with E-state index in [9.17, 15) is 4.79 Å². The molecule has 0 saturated carbocycles. The van der Waals surface area contributed by atoms with Crippen molar-refractivity contribution in [2.45, 2.75) is 39.5 Å². The molecule has 2 aromatic rings. The van der Waals surface area contributed by atoms with Crippen LogP contribution in [0.2, 0.25) is 0 Å². The Morgan fingerprint density at radius 1 is 1.24 bits per heavy atom. The molecule has 1 fully saturated rings. The van der Waals surface area contributed by atoms with Crippen molar-refractivity contribution < 1.29 is 13.8 Å². The summed E-state index contributed by atoms with van der Waals surface area (Å²) in [5, 5.41) is 7.67. The SMILES string of the molecule is Cc1noc(C2CN(C(=O)CCc3c(C)noc3C)C2)n1.